The zero-order valence-electron chi connectivity index (χ0n) is 11.8. The summed E-state index contributed by atoms with van der Waals surface area (Å²) in [5, 5.41) is 0. The zero-order valence-corrected chi connectivity index (χ0v) is 11.8. The monoisotopic (exact) mass is 288 g/mol. The van der Waals surface area contributed by atoms with E-state index in [2.05, 4.69) is 0 Å². The number of ether oxygens (including phenoxy) is 1. The van der Waals surface area contributed by atoms with Crippen LogP contribution in [0, 0.1) is 5.82 Å². The van der Waals surface area contributed by atoms with Crippen LogP contribution in [0.25, 0.3) is 0 Å². The van der Waals surface area contributed by atoms with E-state index in [-0.39, 0.29) is 18.3 Å². The molecule has 0 aromatic heterocycles. The summed E-state index contributed by atoms with van der Waals surface area (Å²) in [7, 11) is 1.65. The molecule has 2 aromatic carbocycles. The minimum Gasteiger partial charge on any atom is -0.484 e. The van der Waals surface area contributed by atoms with Gasteiger partial charge in [0.1, 0.15) is 11.6 Å². The van der Waals surface area contributed by atoms with Gasteiger partial charge in [0.25, 0.3) is 5.91 Å². The molecule has 4 nitrogen and oxygen atoms in total. The number of hydrogen-bond donors (Lipinski definition) is 1. The third-order valence-corrected chi connectivity index (χ3v) is 2.98. The lowest BCUT2D eigenvalue weighted by molar-refractivity contribution is -0.132. The van der Waals surface area contributed by atoms with Gasteiger partial charge in [-0.15, -0.1) is 0 Å². The number of nitrogens with two attached hydrogens (primary N) is 1. The fourth-order valence-electron chi connectivity index (χ4n) is 1.82. The van der Waals surface area contributed by atoms with Crippen LogP contribution in [0.5, 0.6) is 5.75 Å². The van der Waals surface area contributed by atoms with Gasteiger partial charge < -0.3 is 15.4 Å². The first-order chi connectivity index (χ1) is 10.0. The van der Waals surface area contributed by atoms with E-state index in [0.717, 1.165) is 5.56 Å². The van der Waals surface area contributed by atoms with Gasteiger partial charge in [0, 0.05) is 19.3 Å². The quantitative estimate of drug-likeness (QED) is 0.860. The number of likely N-dealkylation sites (N-methyl/N-ethyl adjacent to an activating group) is 1. The predicted octanol–water partition coefficient (Wildman–Crippen LogP) is 2.45. The molecule has 110 valence electrons. The smallest absolute Gasteiger partial charge is 0.260 e. The second-order valence-corrected chi connectivity index (χ2v) is 4.74. The van der Waals surface area contributed by atoms with Gasteiger partial charge in [0.2, 0.25) is 0 Å². The Bertz CT molecular complexity index is 614. The zero-order chi connectivity index (χ0) is 15.2. The van der Waals surface area contributed by atoms with E-state index < -0.39 is 0 Å². The van der Waals surface area contributed by atoms with Gasteiger partial charge in [0.05, 0.1) is 0 Å². The van der Waals surface area contributed by atoms with Crippen molar-refractivity contribution >= 4 is 11.6 Å². The Morgan fingerprint density at radius 2 is 1.95 bits per heavy atom. The molecule has 0 heterocycles. The van der Waals surface area contributed by atoms with Gasteiger partial charge in [-0.25, -0.2) is 4.39 Å². The Balaban J connectivity index is 1.86. The van der Waals surface area contributed by atoms with Gasteiger partial charge >= 0.3 is 0 Å². The van der Waals surface area contributed by atoms with E-state index in [9.17, 15) is 9.18 Å². The van der Waals surface area contributed by atoms with E-state index in [1.165, 1.54) is 17.0 Å². The van der Waals surface area contributed by atoms with Crippen LogP contribution in [-0.2, 0) is 11.3 Å². The lowest BCUT2D eigenvalue weighted by atomic mass is 10.2. The molecule has 5 heteroatoms. The topological polar surface area (TPSA) is 55.6 Å². The molecule has 0 aliphatic carbocycles. The Kier molecular flexibility index (Phi) is 4.77. The van der Waals surface area contributed by atoms with Crippen LogP contribution in [0.3, 0.4) is 0 Å². The summed E-state index contributed by atoms with van der Waals surface area (Å²) < 4.78 is 18.5. The maximum Gasteiger partial charge on any atom is 0.260 e. The fourth-order valence-corrected chi connectivity index (χ4v) is 1.82. The molecule has 0 atom stereocenters. The summed E-state index contributed by atoms with van der Waals surface area (Å²) in [6, 6.07) is 13.0. The number of benzene rings is 2. The summed E-state index contributed by atoms with van der Waals surface area (Å²) in [6.45, 7) is 0.261. The van der Waals surface area contributed by atoms with Crippen LogP contribution < -0.4 is 10.5 Å². The number of carbonyl (C=O) groups excluding carboxylic acids is 1. The van der Waals surface area contributed by atoms with Crippen molar-refractivity contribution < 1.29 is 13.9 Å². The Hall–Kier alpha value is -2.56. The average molecular weight is 288 g/mol. The summed E-state index contributed by atoms with van der Waals surface area (Å²) in [5.41, 5.74) is 6.94. The molecular formula is C16H17FN2O2. The summed E-state index contributed by atoms with van der Waals surface area (Å²) in [4.78, 5) is 13.4. The third kappa shape index (κ3) is 4.49. The molecular weight excluding hydrogens is 271 g/mol. The SMILES string of the molecule is CN(Cc1cccc(F)c1)C(=O)COc1ccc(N)cc1. The van der Waals surface area contributed by atoms with Crippen molar-refractivity contribution in [3.05, 3.63) is 59.9 Å². The molecule has 0 aliphatic rings. The van der Waals surface area contributed by atoms with Crippen molar-refractivity contribution in [1.82, 2.24) is 4.90 Å². The third-order valence-electron chi connectivity index (χ3n) is 2.98. The first-order valence-corrected chi connectivity index (χ1v) is 6.51. The Morgan fingerprint density at radius 1 is 1.24 bits per heavy atom. The van der Waals surface area contributed by atoms with Crippen molar-refractivity contribution in [3.63, 3.8) is 0 Å². The Labute approximate surface area is 122 Å². The van der Waals surface area contributed by atoms with Crippen LogP contribution in [0.2, 0.25) is 0 Å². The molecule has 2 aromatic rings. The summed E-state index contributed by atoms with van der Waals surface area (Å²) in [6.07, 6.45) is 0. The molecule has 0 unspecified atom stereocenters. The number of carbonyl (C=O) groups is 1. The van der Waals surface area contributed by atoms with Gasteiger partial charge in [-0.3, -0.25) is 4.79 Å². The standard InChI is InChI=1S/C16H17FN2O2/c1-19(10-12-3-2-4-13(17)9-12)16(20)11-21-15-7-5-14(18)6-8-15/h2-9H,10-11,18H2,1H3. The highest BCUT2D eigenvalue weighted by Crippen LogP contribution is 2.13. The van der Waals surface area contributed by atoms with E-state index >= 15 is 0 Å². The predicted molar refractivity (Wildman–Crippen MR) is 79.2 cm³/mol. The average Bonchev–Trinajstić information content (AvgIpc) is 2.46. The van der Waals surface area contributed by atoms with E-state index in [0.29, 0.717) is 18.0 Å². The van der Waals surface area contributed by atoms with Crippen LogP contribution in [0.1, 0.15) is 5.56 Å². The highest BCUT2D eigenvalue weighted by atomic mass is 19.1. The van der Waals surface area contributed by atoms with E-state index in [1.807, 2.05) is 0 Å². The van der Waals surface area contributed by atoms with Crippen LogP contribution in [0.15, 0.2) is 48.5 Å². The van der Waals surface area contributed by atoms with E-state index in [1.54, 1.807) is 43.4 Å². The maximum atomic E-state index is 13.1. The minimum atomic E-state index is -0.313. The molecule has 0 saturated carbocycles. The van der Waals surface area contributed by atoms with Gasteiger partial charge in [-0.1, -0.05) is 12.1 Å². The molecule has 0 spiro atoms. The molecule has 2 N–H and O–H groups in total. The highest BCUT2D eigenvalue weighted by Gasteiger charge is 2.10. The number of halogens is 1. The lowest BCUT2D eigenvalue weighted by Gasteiger charge is -2.17. The minimum absolute atomic E-state index is 0.0737. The maximum absolute atomic E-state index is 13.1. The first kappa shape index (κ1) is 14.8. The van der Waals surface area contributed by atoms with Crippen LogP contribution in [-0.4, -0.2) is 24.5 Å². The van der Waals surface area contributed by atoms with Crippen molar-refractivity contribution in [2.24, 2.45) is 0 Å². The molecule has 0 radical (unpaired) electrons. The molecule has 2 rings (SSSR count). The van der Waals surface area contributed by atoms with E-state index in [4.69, 9.17) is 10.5 Å². The van der Waals surface area contributed by atoms with Crippen molar-refractivity contribution in [2.75, 3.05) is 19.4 Å². The molecule has 0 bridgehead atoms. The number of rotatable bonds is 5. The number of anilines is 1. The van der Waals surface area contributed by atoms with Gasteiger partial charge in [0.15, 0.2) is 6.61 Å². The lowest BCUT2D eigenvalue weighted by Crippen LogP contribution is -2.30. The Morgan fingerprint density at radius 3 is 2.62 bits per heavy atom. The molecule has 0 fully saturated rings. The van der Waals surface area contributed by atoms with Crippen LogP contribution >= 0.6 is 0 Å². The summed E-state index contributed by atoms with van der Waals surface area (Å²) >= 11 is 0. The van der Waals surface area contributed by atoms with Gasteiger partial charge in [-0.2, -0.15) is 0 Å². The normalized spacial score (nSPS) is 10.2. The first-order valence-electron chi connectivity index (χ1n) is 6.51. The fraction of sp³-hybridized carbons (Fsp3) is 0.188. The largest absolute Gasteiger partial charge is 0.484 e. The molecule has 0 saturated heterocycles. The number of amides is 1. The molecule has 0 aliphatic heterocycles. The number of nitrogens with zero attached hydrogens (tertiary/aromatic N) is 1. The van der Waals surface area contributed by atoms with Crippen molar-refractivity contribution in [2.45, 2.75) is 6.54 Å². The second-order valence-electron chi connectivity index (χ2n) is 4.74. The second kappa shape index (κ2) is 6.74. The highest BCUT2D eigenvalue weighted by molar-refractivity contribution is 5.77. The number of hydrogen-bond acceptors (Lipinski definition) is 3. The van der Waals surface area contributed by atoms with Crippen LogP contribution in [0.4, 0.5) is 10.1 Å². The van der Waals surface area contributed by atoms with Crippen molar-refractivity contribution in [1.29, 1.82) is 0 Å². The number of nitrogen functional groups attached to an aromatic ring is 1. The van der Waals surface area contributed by atoms with Crippen molar-refractivity contribution in [3.8, 4) is 5.75 Å². The molecule has 21 heavy (non-hydrogen) atoms. The van der Waals surface area contributed by atoms with Gasteiger partial charge in [-0.05, 0) is 42.0 Å². The summed E-state index contributed by atoms with van der Waals surface area (Å²) in [5.74, 6) is 0.0827. The molecule has 1 amide bonds.